The number of anilines is 2. The van der Waals surface area contributed by atoms with E-state index in [2.05, 4.69) is 15.2 Å². The van der Waals surface area contributed by atoms with Crippen molar-refractivity contribution in [1.82, 2.24) is 4.98 Å². The lowest BCUT2D eigenvalue weighted by molar-refractivity contribution is -0.113. The number of pyridine rings is 1. The summed E-state index contributed by atoms with van der Waals surface area (Å²) in [5.74, 6) is 0.645. The van der Waals surface area contributed by atoms with Crippen LogP contribution in [0.2, 0.25) is 5.02 Å². The van der Waals surface area contributed by atoms with Crippen LogP contribution < -0.4 is 10.2 Å². The molecule has 0 saturated heterocycles. The van der Waals surface area contributed by atoms with Crippen molar-refractivity contribution in [3.63, 3.8) is 0 Å². The van der Waals surface area contributed by atoms with Crippen LogP contribution in [0.1, 0.15) is 30.4 Å². The van der Waals surface area contributed by atoms with Crippen LogP contribution in [0.15, 0.2) is 48.2 Å². The van der Waals surface area contributed by atoms with Crippen molar-refractivity contribution in [2.75, 3.05) is 29.9 Å². The van der Waals surface area contributed by atoms with Crippen molar-refractivity contribution in [1.29, 1.82) is 0 Å². The number of hydrogen-bond donors (Lipinski definition) is 2. The maximum atomic E-state index is 12.5. The van der Waals surface area contributed by atoms with Gasteiger partial charge in [-0.05, 0) is 37.1 Å². The van der Waals surface area contributed by atoms with Crippen LogP contribution in [0, 0.1) is 6.92 Å². The lowest BCUT2D eigenvalue weighted by Crippen LogP contribution is -2.32. The molecule has 1 aliphatic heterocycles. The number of aryl methyl sites for hydroxylation is 1. The Morgan fingerprint density at radius 1 is 1.37 bits per heavy atom. The number of aliphatic hydroxyl groups is 1. The highest BCUT2D eigenvalue weighted by Gasteiger charge is 2.20. The lowest BCUT2D eigenvalue weighted by atomic mass is 10.0. The summed E-state index contributed by atoms with van der Waals surface area (Å²) in [6.07, 6.45) is 4.31. The topological polar surface area (TPSA) is 65.5 Å². The first-order valence-corrected chi connectivity index (χ1v) is 9.44. The molecule has 0 radical (unpaired) electrons. The second-order valence-corrected chi connectivity index (χ2v) is 7.31. The highest BCUT2D eigenvalue weighted by atomic mass is 35.5. The van der Waals surface area contributed by atoms with Gasteiger partial charge in [-0.1, -0.05) is 42.3 Å². The number of aromatic nitrogens is 1. The van der Waals surface area contributed by atoms with E-state index in [-0.39, 0.29) is 18.4 Å². The second kappa shape index (κ2) is 8.55. The molecular weight excluding hydrogens is 362 g/mol. The molecule has 0 aliphatic carbocycles. The van der Waals surface area contributed by atoms with E-state index in [4.69, 9.17) is 11.6 Å². The molecule has 2 N–H and O–H groups in total. The van der Waals surface area contributed by atoms with Gasteiger partial charge in [-0.25, -0.2) is 4.98 Å². The van der Waals surface area contributed by atoms with Crippen LogP contribution in [-0.4, -0.2) is 35.7 Å². The van der Waals surface area contributed by atoms with E-state index in [1.54, 1.807) is 6.20 Å². The molecule has 2 aromatic rings. The molecule has 6 heteroatoms. The molecule has 1 aliphatic rings. The number of carbonyl (C=O) groups is 1. The summed E-state index contributed by atoms with van der Waals surface area (Å²) in [6.45, 7) is 5.26. The van der Waals surface area contributed by atoms with Gasteiger partial charge in [0.05, 0.1) is 5.02 Å². The summed E-state index contributed by atoms with van der Waals surface area (Å²) in [7, 11) is 0. The Balaban J connectivity index is 1.65. The van der Waals surface area contributed by atoms with E-state index in [9.17, 15) is 9.90 Å². The molecule has 1 aromatic heterocycles. The third kappa shape index (κ3) is 4.67. The summed E-state index contributed by atoms with van der Waals surface area (Å²) >= 11 is 6.40. The van der Waals surface area contributed by atoms with Gasteiger partial charge in [0, 0.05) is 43.1 Å². The zero-order chi connectivity index (χ0) is 19.4. The van der Waals surface area contributed by atoms with Crippen molar-refractivity contribution in [3.8, 4) is 0 Å². The van der Waals surface area contributed by atoms with E-state index in [1.165, 1.54) is 0 Å². The monoisotopic (exact) mass is 385 g/mol. The molecule has 0 spiro atoms. The Morgan fingerprint density at radius 2 is 2.11 bits per heavy atom. The molecule has 1 aromatic carbocycles. The van der Waals surface area contributed by atoms with Gasteiger partial charge in [-0.15, -0.1) is 0 Å². The Labute approximate surface area is 164 Å². The van der Waals surface area contributed by atoms with Gasteiger partial charge in [0.25, 0.3) is 5.91 Å². The van der Waals surface area contributed by atoms with Gasteiger partial charge in [0.1, 0.15) is 5.82 Å². The zero-order valence-electron chi connectivity index (χ0n) is 15.6. The van der Waals surface area contributed by atoms with Crippen molar-refractivity contribution in [3.05, 3.63) is 64.3 Å². The molecule has 0 bridgehead atoms. The Hall–Kier alpha value is -2.37. The average molecular weight is 386 g/mol. The molecule has 0 fully saturated rings. The fourth-order valence-corrected chi connectivity index (χ4v) is 3.26. The molecule has 1 atom stereocenters. The number of rotatable bonds is 5. The number of nitrogens with zero attached hydrogens (tertiary/aromatic N) is 2. The normalized spacial score (nSPS) is 15.3. The first-order valence-electron chi connectivity index (χ1n) is 9.06. The van der Waals surface area contributed by atoms with Crippen LogP contribution in [0.5, 0.6) is 0 Å². The van der Waals surface area contributed by atoms with Gasteiger partial charge in [0.2, 0.25) is 0 Å². The number of halogens is 1. The number of carbonyl (C=O) groups excluding carboxylic acids is 1. The zero-order valence-corrected chi connectivity index (χ0v) is 16.3. The van der Waals surface area contributed by atoms with E-state index >= 15 is 0 Å². The average Bonchev–Trinajstić information content (AvgIpc) is 2.69. The molecule has 0 unspecified atom stereocenters. The summed E-state index contributed by atoms with van der Waals surface area (Å²) in [4.78, 5) is 19.0. The summed E-state index contributed by atoms with van der Waals surface area (Å²) in [6, 6.07) is 9.61. The third-order valence-electron chi connectivity index (χ3n) is 4.80. The number of nitrogens with one attached hydrogen (secondary N) is 1. The maximum absolute atomic E-state index is 12.5. The molecule has 3 rings (SSSR count). The first kappa shape index (κ1) is 19.4. The van der Waals surface area contributed by atoms with Crippen molar-refractivity contribution >= 4 is 29.0 Å². The first-order chi connectivity index (χ1) is 13.0. The smallest absolute Gasteiger partial charge is 0.251 e. The highest BCUT2D eigenvalue weighted by Crippen LogP contribution is 2.29. The minimum Gasteiger partial charge on any atom is -0.396 e. The number of amides is 1. The maximum Gasteiger partial charge on any atom is 0.251 e. The highest BCUT2D eigenvalue weighted by molar-refractivity contribution is 6.33. The van der Waals surface area contributed by atoms with Crippen LogP contribution in [0.25, 0.3) is 0 Å². The van der Waals surface area contributed by atoms with Crippen molar-refractivity contribution < 1.29 is 9.90 Å². The number of hydrogen-bond acceptors (Lipinski definition) is 4. The van der Waals surface area contributed by atoms with Crippen LogP contribution in [-0.2, 0) is 4.79 Å². The summed E-state index contributed by atoms with van der Waals surface area (Å²) in [5.41, 5.74) is 3.64. The quantitative estimate of drug-likeness (QED) is 0.818. The van der Waals surface area contributed by atoms with Crippen molar-refractivity contribution in [2.45, 2.75) is 26.2 Å². The minimum absolute atomic E-state index is 0.00220. The molecule has 0 saturated carbocycles. The molecule has 5 nitrogen and oxygen atoms in total. The van der Waals surface area contributed by atoms with Crippen LogP contribution >= 0.6 is 11.6 Å². The van der Waals surface area contributed by atoms with Crippen LogP contribution in [0.3, 0.4) is 0 Å². The van der Waals surface area contributed by atoms with Gasteiger partial charge in [-0.3, -0.25) is 4.79 Å². The SMILES string of the molecule is Cc1ccc(NC(=O)C2=CCN(c3ncc([C@@H](C)CO)cc3Cl)CC2)cc1. The molecule has 142 valence electrons. The van der Waals surface area contributed by atoms with E-state index < -0.39 is 0 Å². The Bertz CT molecular complexity index is 849. The van der Waals surface area contributed by atoms with E-state index in [0.717, 1.165) is 22.4 Å². The van der Waals surface area contributed by atoms with Gasteiger partial charge >= 0.3 is 0 Å². The van der Waals surface area contributed by atoms with E-state index in [1.807, 2.05) is 50.3 Å². The third-order valence-corrected chi connectivity index (χ3v) is 5.07. The predicted octanol–water partition coefficient (Wildman–Crippen LogP) is 3.91. The molecule has 2 heterocycles. The van der Waals surface area contributed by atoms with Gasteiger partial charge in [-0.2, -0.15) is 0 Å². The number of aliphatic hydroxyl groups excluding tert-OH is 1. The predicted molar refractivity (Wildman–Crippen MR) is 109 cm³/mol. The van der Waals surface area contributed by atoms with Crippen LogP contribution in [0.4, 0.5) is 11.5 Å². The minimum atomic E-state index is -0.0651. The Kier molecular flexibility index (Phi) is 6.14. The Morgan fingerprint density at radius 3 is 2.70 bits per heavy atom. The summed E-state index contributed by atoms with van der Waals surface area (Å²) in [5, 5.41) is 12.8. The molecule has 27 heavy (non-hydrogen) atoms. The van der Waals surface area contributed by atoms with E-state index in [0.29, 0.717) is 30.4 Å². The van der Waals surface area contributed by atoms with Gasteiger partial charge in [0.15, 0.2) is 0 Å². The second-order valence-electron chi connectivity index (χ2n) is 6.90. The van der Waals surface area contributed by atoms with Gasteiger partial charge < -0.3 is 15.3 Å². The molecular formula is C21H24ClN3O2. The summed E-state index contributed by atoms with van der Waals surface area (Å²) < 4.78 is 0. The van der Waals surface area contributed by atoms with Crippen molar-refractivity contribution in [2.24, 2.45) is 0 Å². The number of benzene rings is 1. The lowest BCUT2D eigenvalue weighted by Gasteiger charge is -2.28. The molecule has 1 amide bonds. The fourth-order valence-electron chi connectivity index (χ4n) is 2.97. The fraction of sp³-hybridized carbons (Fsp3) is 0.333. The standard InChI is InChI=1S/C21H24ClN3O2/c1-14-3-5-18(6-4-14)24-21(27)16-7-9-25(10-8-16)20-19(22)11-17(12-23-20)15(2)13-26/h3-7,11-12,15,26H,8-10,13H2,1-2H3,(H,24,27)/t15-/m0/s1. The largest absolute Gasteiger partial charge is 0.396 e.